The van der Waals surface area contributed by atoms with Crippen molar-refractivity contribution in [3.05, 3.63) is 69.6 Å². The summed E-state index contributed by atoms with van der Waals surface area (Å²) in [5.74, 6) is 0.0292. The van der Waals surface area contributed by atoms with E-state index in [4.69, 9.17) is 13.9 Å². The quantitative estimate of drug-likeness (QED) is 0.494. The van der Waals surface area contributed by atoms with Crippen molar-refractivity contribution in [3.63, 3.8) is 0 Å². The molecule has 1 atom stereocenters. The molecule has 0 spiro atoms. The number of ether oxygens (including phenoxy) is 2. The number of aryl methyl sites for hydroxylation is 1. The summed E-state index contributed by atoms with van der Waals surface area (Å²) in [7, 11) is 1.55. The van der Waals surface area contributed by atoms with Crippen molar-refractivity contribution in [2.24, 2.45) is 0 Å². The third kappa shape index (κ3) is 5.28. The van der Waals surface area contributed by atoms with Gasteiger partial charge in [0.05, 0.1) is 24.5 Å². The zero-order valence-corrected chi connectivity index (χ0v) is 19.3. The maximum Gasteiger partial charge on any atom is 0.339 e. The van der Waals surface area contributed by atoms with E-state index in [2.05, 4.69) is 10.6 Å². The third-order valence-corrected chi connectivity index (χ3v) is 6.06. The average molecular weight is 465 g/mol. The Morgan fingerprint density at radius 3 is 2.76 bits per heavy atom. The molecular formula is C26H28N2O6. The summed E-state index contributed by atoms with van der Waals surface area (Å²) in [5, 5.41) is 6.47. The van der Waals surface area contributed by atoms with Crippen molar-refractivity contribution in [1.29, 1.82) is 0 Å². The first kappa shape index (κ1) is 23.5. The maximum absolute atomic E-state index is 12.7. The number of carbonyl (C=O) groups excluding carboxylic acids is 2. The van der Waals surface area contributed by atoms with Crippen molar-refractivity contribution in [2.75, 3.05) is 25.6 Å². The largest absolute Gasteiger partial charge is 0.497 e. The molecule has 1 unspecified atom stereocenters. The van der Waals surface area contributed by atoms with Crippen LogP contribution >= 0.6 is 0 Å². The zero-order valence-electron chi connectivity index (χ0n) is 19.3. The first-order valence-electron chi connectivity index (χ1n) is 11.3. The van der Waals surface area contributed by atoms with Crippen LogP contribution in [0, 0.1) is 6.92 Å². The lowest BCUT2D eigenvalue weighted by atomic mass is 10.0. The van der Waals surface area contributed by atoms with Gasteiger partial charge in [-0.25, -0.2) is 4.79 Å². The summed E-state index contributed by atoms with van der Waals surface area (Å²) in [6, 6.07) is 12.1. The topological polar surface area (TPSA) is 107 Å². The molecule has 2 aromatic carbocycles. The first-order valence-corrected chi connectivity index (χ1v) is 11.3. The Morgan fingerprint density at radius 1 is 1.18 bits per heavy atom. The highest BCUT2D eigenvalue weighted by Crippen LogP contribution is 2.24. The second kappa shape index (κ2) is 10.5. The molecule has 2 heterocycles. The lowest BCUT2D eigenvalue weighted by Crippen LogP contribution is -2.32. The van der Waals surface area contributed by atoms with E-state index in [9.17, 15) is 14.4 Å². The van der Waals surface area contributed by atoms with Gasteiger partial charge in [0.25, 0.3) is 5.91 Å². The van der Waals surface area contributed by atoms with Crippen molar-refractivity contribution >= 4 is 28.5 Å². The number of methoxy groups -OCH3 is 1. The van der Waals surface area contributed by atoms with Crippen LogP contribution in [0.4, 0.5) is 5.69 Å². The predicted molar refractivity (Wildman–Crippen MR) is 128 cm³/mol. The molecule has 1 aliphatic rings. The van der Waals surface area contributed by atoms with Gasteiger partial charge in [-0.2, -0.15) is 0 Å². The monoisotopic (exact) mass is 464 g/mol. The van der Waals surface area contributed by atoms with Crippen LogP contribution in [0.25, 0.3) is 11.0 Å². The summed E-state index contributed by atoms with van der Waals surface area (Å²) in [4.78, 5) is 37.9. The molecule has 0 bridgehead atoms. The molecule has 1 aliphatic heterocycles. The Morgan fingerprint density at radius 2 is 2.00 bits per heavy atom. The minimum Gasteiger partial charge on any atom is -0.497 e. The second-order valence-electron chi connectivity index (χ2n) is 8.29. The van der Waals surface area contributed by atoms with Crippen molar-refractivity contribution in [2.45, 2.75) is 38.7 Å². The normalized spacial score (nSPS) is 15.3. The molecule has 1 fully saturated rings. The van der Waals surface area contributed by atoms with E-state index in [1.807, 2.05) is 13.0 Å². The predicted octanol–water partition coefficient (Wildman–Crippen LogP) is 3.59. The van der Waals surface area contributed by atoms with Crippen molar-refractivity contribution in [1.82, 2.24) is 5.32 Å². The Labute approximate surface area is 197 Å². The Kier molecular flexibility index (Phi) is 7.27. The van der Waals surface area contributed by atoms with E-state index < -0.39 is 5.63 Å². The van der Waals surface area contributed by atoms with Gasteiger partial charge in [0.2, 0.25) is 5.91 Å². The van der Waals surface area contributed by atoms with Crippen LogP contribution in [-0.4, -0.2) is 38.2 Å². The zero-order chi connectivity index (χ0) is 24.1. The Bertz CT molecular complexity index is 1260. The number of amides is 2. The fraction of sp³-hybridized carbons (Fsp3) is 0.346. The summed E-state index contributed by atoms with van der Waals surface area (Å²) < 4.78 is 16.2. The third-order valence-electron chi connectivity index (χ3n) is 6.06. The average Bonchev–Trinajstić information content (AvgIpc) is 3.36. The fourth-order valence-corrected chi connectivity index (χ4v) is 4.14. The number of fused-ring (bicyclic) bond motifs is 1. The summed E-state index contributed by atoms with van der Waals surface area (Å²) in [5.41, 5.74) is 2.00. The van der Waals surface area contributed by atoms with Gasteiger partial charge in [-0.3, -0.25) is 9.59 Å². The number of hydrogen-bond acceptors (Lipinski definition) is 6. The van der Waals surface area contributed by atoms with Crippen molar-refractivity contribution < 1.29 is 23.5 Å². The van der Waals surface area contributed by atoms with Gasteiger partial charge in [-0.05, 0) is 56.0 Å². The molecule has 2 N–H and O–H groups in total. The summed E-state index contributed by atoms with van der Waals surface area (Å²) >= 11 is 0. The number of benzene rings is 2. The molecule has 4 rings (SSSR count). The van der Waals surface area contributed by atoms with Crippen LogP contribution in [0.2, 0.25) is 0 Å². The highest BCUT2D eigenvalue weighted by Gasteiger charge is 2.19. The molecule has 1 saturated heterocycles. The molecule has 0 saturated carbocycles. The van der Waals surface area contributed by atoms with Crippen LogP contribution in [0.3, 0.4) is 0 Å². The summed E-state index contributed by atoms with van der Waals surface area (Å²) in [6.07, 6.45) is 2.24. The molecule has 178 valence electrons. The maximum atomic E-state index is 12.7. The number of para-hydroxylation sites is 1. The van der Waals surface area contributed by atoms with E-state index >= 15 is 0 Å². The number of hydrogen-bond donors (Lipinski definition) is 2. The van der Waals surface area contributed by atoms with Gasteiger partial charge in [0, 0.05) is 36.6 Å². The molecule has 1 aromatic heterocycles. The smallest absolute Gasteiger partial charge is 0.339 e. The molecule has 3 aromatic rings. The summed E-state index contributed by atoms with van der Waals surface area (Å²) in [6.45, 7) is 2.99. The van der Waals surface area contributed by atoms with Gasteiger partial charge >= 0.3 is 5.63 Å². The van der Waals surface area contributed by atoms with E-state index in [0.29, 0.717) is 34.7 Å². The molecule has 34 heavy (non-hydrogen) atoms. The molecular weight excluding hydrogens is 436 g/mol. The number of anilines is 1. The van der Waals surface area contributed by atoms with Crippen LogP contribution in [0.1, 0.15) is 40.7 Å². The lowest BCUT2D eigenvalue weighted by Gasteiger charge is -2.14. The van der Waals surface area contributed by atoms with Gasteiger partial charge in [-0.1, -0.05) is 12.1 Å². The van der Waals surface area contributed by atoms with Crippen LogP contribution in [0.5, 0.6) is 5.75 Å². The standard InChI is InChI=1S/C26H28N2O6/c1-16-19-10-9-17(32-2)14-23(19)34-26(31)20(16)11-12-24(29)28-22-8-4-3-7-21(22)25(30)27-15-18-6-5-13-33-18/h3-4,7-10,14,18H,5-6,11-13,15H2,1-2H3,(H,27,30)(H,28,29). The number of rotatable bonds is 8. The molecule has 8 nitrogen and oxygen atoms in total. The van der Waals surface area contributed by atoms with E-state index in [1.165, 1.54) is 0 Å². The highest BCUT2D eigenvalue weighted by molar-refractivity contribution is 6.03. The molecule has 8 heteroatoms. The van der Waals surface area contributed by atoms with E-state index in [1.54, 1.807) is 43.5 Å². The van der Waals surface area contributed by atoms with E-state index in [0.717, 1.165) is 30.4 Å². The second-order valence-corrected chi connectivity index (χ2v) is 8.29. The molecule has 0 aliphatic carbocycles. The van der Waals surface area contributed by atoms with Crippen LogP contribution in [-0.2, 0) is 16.0 Å². The van der Waals surface area contributed by atoms with E-state index in [-0.39, 0.29) is 30.8 Å². The Hall–Kier alpha value is -3.65. The minimum atomic E-state index is -0.472. The Balaban J connectivity index is 1.42. The van der Waals surface area contributed by atoms with Gasteiger partial charge in [0.15, 0.2) is 0 Å². The lowest BCUT2D eigenvalue weighted by molar-refractivity contribution is -0.116. The highest BCUT2D eigenvalue weighted by atomic mass is 16.5. The fourth-order valence-electron chi connectivity index (χ4n) is 4.14. The van der Waals surface area contributed by atoms with Crippen LogP contribution in [0.15, 0.2) is 51.7 Å². The van der Waals surface area contributed by atoms with Gasteiger partial charge in [0.1, 0.15) is 11.3 Å². The van der Waals surface area contributed by atoms with Gasteiger partial charge < -0.3 is 24.5 Å². The number of carbonyl (C=O) groups is 2. The minimum absolute atomic E-state index is 0.0312. The molecule has 0 radical (unpaired) electrons. The van der Waals surface area contributed by atoms with Crippen molar-refractivity contribution in [3.8, 4) is 5.75 Å². The van der Waals surface area contributed by atoms with Gasteiger partial charge in [-0.15, -0.1) is 0 Å². The SMILES string of the molecule is COc1ccc2c(C)c(CCC(=O)Nc3ccccc3C(=O)NCC3CCCO3)c(=O)oc2c1. The first-order chi connectivity index (χ1) is 16.5. The number of nitrogens with one attached hydrogen (secondary N) is 2. The molecule has 2 amide bonds. The van der Waals surface area contributed by atoms with Crippen LogP contribution < -0.4 is 21.0 Å².